The normalized spacial score (nSPS) is 11.0. The van der Waals surface area contributed by atoms with Crippen LogP contribution in [-0.4, -0.2) is 17.6 Å². The Morgan fingerprint density at radius 3 is 2.84 bits per heavy atom. The van der Waals surface area contributed by atoms with E-state index < -0.39 is 5.82 Å². The van der Waals surface area contributed by atoms with Crippen LogP contribution in [0.1, 0.15) is 23.7 Å². The fourth-order valence-corrected chi connectivity index (χ4v) is 3.54. The maximum absolute atomic E-state index is 13.9. The smallest absolute Gasteiger partial charge is 0.310 e. The van der Waals surface area contributed by atoms with Gasteiger partial charge >= 0.3 is 5.97 Å². The Hall–Kier alpha value is -3.71. The quantitative estimate of drug-likeness (QED) is 0.402. The van der Waals surface area contributed by atoms with Crippen molar-refractivity contribution in [2.24, 2.45) is 5.73 Å². The topological polar surface area (TPSA) is 87.6 Å². The molecule has 4 aromatic rings. The van der Waals surface area contributed by atoms with E-state index in [-0.39, 0.29) is 25.6 Å². The summed E-state index contributed by atoms with van der Waals surface area (Å²) >= 11 is 0. The summed E-state index contributed by atoms with van der Waals surface area (Å²) in [5.41, 5.74) is 10.5. The van der Waals surface area contributed by atoms with E-state index in [4.69, 9.17) is 19.6 Å². The van der Waals surface area contributed by atoms with Gasteiger partial charge in [-0.3, -0.25) is 9.78 Å². The number of carbonyl (C=O) groups excluding carboxylic acids is 1. The number of rotatable bonds is 8. The summed E-state index contributed by atoms with van der Waals surface area (Å²) in [6.45, 7) is 2.54. The van der Waals surface area contributed by atoms with Crippen molar-refractivity contribution in [3.8, 4) is 16.9 Å². The highest BCUT2D eigenvalue weighted by atomic mass is 19.1. The minimum atomic E-state index is -0.440. The van der Waals surface area contributed by atoms with Crippen LogP contribution >= 0.6 is 0 Å². The molecule has 0 aliphatic carbocycles. The number of pyridine rings is 1. The van der Waals surface area contributed by atoms with Gasteiger partial charge in [-0.05, 0) is 54.4 Å². The van der Waals surface area contributed by atoms with Gasteiger partial charge in [-0.1, -0.05) is 6.07 Å². The Balaban J connectivity index is 1.63. The molecule has 2 aromatic carbocycles. The van der Waals surface area contributed by atoms with Crippen LogP contribution in [-0.2, 0) is 29.1 Å². The van der Waals surface area contributed by atoms with Crippen LogP contribution < -0.4 is 10.5 Å². The Labute approximate surface area is 184 Å². The van der Waals surface area contributed by atoms with E-state index in [2.05, 4.69) is 4.98 Å². The van der Waals surface area contributed by atoms with Crippen LogP contribution in [0, 0.1) is 5.82 Å². The molecule has 0 saturated heterocycles. The van der Waals surface area contributed by atoms with Crippen molar-refractivity contribution in [2.45, 2.75) is 26.5 Å². The van der Waals surface area contributed by atoms with E-state index in [9.17, 15) is 9.18 Å². The van der Waals surface area contributed by atoms with E-state index in [1.54, 1.807) is 19.4 Å². The second-order valence-electron chi connectivity index (χ2n) is 7.24. The number of benzene rings is 2. The van der Waals surface area contributed by atoms with Gasteiger partial charge in [0, 0.05) is 35.3 Å². The molecule has 7 heteroatoms. The molecule has 0 aliphatic heterocycles. The largest absolute Gasteiger partial charge is 0.488 e. The third-order valence-electron chi connectivity index (χ3n) is 5.01. The van der Waals surface area contributed by atoms with Crippen LogP contribution in [0.25, 0.3) is 22.1 Å². The standard InChI is InChI=1S/C25H23FN2O4/c1-2-30-24(29)12-18-3-4-20(26)13-23(18)32-15-16-9-19-6-8-31-25(19)22(10-16)17-5-7-28-21(11-17)14-27/h3-11,13H,2,12,14-15,27H2,1H3. The van der Waals surface area contributed by atoms with Gasteiger partial charge in [0.15, 0.2) is 0 Å². The molecule has 0 amide bonds. The van der Waals surface area contributed by atoms with E-state index in [0.717, 1.165) is 33.4 Å². The molecule has 6 nitrogen and oxygen atoms in total. The first-order valence-electron chi connectivity index (χ1n) is 10.3. The number of halogens is 1. The summed E-state index contributed by atoms with van der Waals surface area (Å²) in [7, 11) is 0. The monoisotopic (exact) mass is 434 g/mol. The number of aromatic nitrogens is 1. The maximum atomic E-state index is 13.9. The summed E-state index contributed by atoms with van der Waals surface area (Å²) in [5, 5.41) is 0.915. The summed E-state index contributed by atoms with van der Waals surface area (Å²) in [4.78, 5) is 16.1. The molecule has 0 bridgehead atoms. The number of ether oxygens (including phenoxy) is 2. The van der Waals surface area contributed by atoms with Crippen molar-refractivity contribution in [3.05, 3.63) is 83.6 Å². The number of nitrogens with two attached hydrogens (primary N) is 1. The van der Waals surface area contributed by atoms with Gasteiger partial charge in [0.05, 0.1) is 25.0 Å². The van der Waals surface area contributed by atoms with E-state index in [0.29, 0.717) is 17.9 Å². The Bertz CT molecular complexity index is 1250. The number of carbonyl (C=O) groups is 1. The Kier molecular flexibility index (Phi) is 6.47. The number of fused-ring (bicyclic) bond motifs is 1. The highest BCUT2D eigenvalue weighted by molar-refractivity contribution is 5.93. The molecule has 0 radical (unpaired) electrons. The first-order valence-corrected chi connectivity index (χ1v) is 10.3. The predicted molar refractivity (Wildman–Crippen MR) is 118 cm³/mol. The molecule has 2 heterocycles. The molecule has 0 unspecified atom stereocenters. The number of hydrogen-bond acceptors (Lipinski definition) is 6. The third-order valence-corrected chi connectivity index (χ3v) is 5.01. The van der Waals surface area contributed by atoms with Gasteiger partial charge in [0.2, 0.25) is 0 Å². The van der Waals surface area contributed by atoms with Gasteiger partial charge in [0.1, 0.15) is 23.8 Å². The average Bonchev–Trinajstić information content (AvgIpc) is 3.27. The number of esters is 1. The molecule has 4 rings (SSSR count). The third kappa shape index (κ3) is 4.78. The highest BCUT2D eigenvalue weighted by Crippen LogP contribution is 2.32. The van der Waals surface area contributed by atoms with E-state index >= 15 is 0 Å². The Morgan fingerprint density at radius 1 is 1.16 bits per heavy atom. The molecular weight excluding hydrogens is 411 g/mol. The van der Waals surface area contributed by atoms with Gasteiger partial charge in [0.25, 0.3) is 0 Å². The lowest BCUT2D eigenvalue weighted by Crippen LogP contribution is -2.09. The predicted octanol–water partition coefficient (Wildman–Crippen LogP) is 4.78. The number of nitrogens with zero attached hydrogens (tertiary/aromatic N) is 1. The second-order valence-corrected chi connectivity index (χ2v) is 7.24. The van der Waals surface area contributed by atoms with Gasteiger partial charge in [-0.25, -0.2) is 4.39 Å². The molecular formula is C25H23FN2O4. The summed E-state index contributed by atoms with van der Waals surface area (Å²) in [5.74, 6) is -0.523. The van der Waals surface area contributed by atoms with Crippen molar-refractivity contribution in [2.75, 3.05) is 6.61 Å². The van der Waals surface area contributed by atoms with Gasteiger partial charge in [-0.15, -0.1) is 0 Å². The lowest BCUT2D eigenvalue weighted by atomic mass is 10.0. The first-order chi connectivity index (χ1) is 15.6. The lowest BCUT2D eigenvalue weighted by molar-refractivity contribution is -0.142. The molecule has 0 fully saturated rings. The molecule has 32 heavy (non-hydrogen) atoms. The molecule has 164 valence electrons. The minimum Gasteiger partial charge on any atom is -0.488 e. The molecule has 2 aromatic heterocycles. The van der Waals surface area contributed by atoms with Crippen LogP contribution in [0.3, 0.4) is 0 Å². The average molecular weight is 434 g/mol. The zero-order valence-corrected chi connectivity index (χ0v) is 17.6. The molecule has 0 aliphatic rings. The van der Waals surface area contributed by atoms with Crippen molar-refractivity contribution >= 4 is 16.9 Å². The van der Waals surface area contributed by atoms with Crippen LogP contribution in [0.5, 0.6) is 5.75 Å². The minimum absolute atomic E-state index is 0.00828. The van der Waals surface area contributed by atoms with Crippen LogP contribution in [0.15, 0.2) is 65.4 Å². The maximum Gasteiger partial charge on any atom is 0.310 e. The fourth-order valence-electron chi connectivity index (χ4n) is 3.54. The van der Waals surface area contributed by atoms with Crippen molar-refractivity contribution < 1.29 is 23.1 Å². The second kappa shape index (κ2) is 9.62. The van der Waals surface area contributed by atoms with Crippen LogP contribution in [0.4, 0.5) is 4.39 Å². The highest BCUT2D eigenvalue weighted by Gasteiger charge is 2.14. The number of hydrogen-bond donors (Lipinski definition) is 1. The van der Waals surface area contributed by atoms with Crippen molar-refractivity contribution in [3.63, 3.8) is 0 Å². The van der Waals surface area contributed by atoms with Crippen LogP contribution in [0.2, 0.25) is 0 Å². The molecule has 0 spiro atoms. The van der Waals surface area contributed by atoms with E-state index in [1.807, 2.05) is 30.3 Å². The fraction of sp³-hybridized carbons (Fsp3) is 0.200. The molecule has 2 N–H and O–H groups in total. The molecule has 0 atom stereocenters. The summed E-state index contributed by atoms with van der Waals surface area (Å²) in [6, 6.07) is 13.7. The SMILES string of the molecule is CCOC(=O)Cc1ccc(F)cc1OCc1cc(-c2ccnc(CN)c2)c2occc2c1. The van der Waals surface area contributed by atoms with Crippen molar-refractivity contribution in [1.82, 2.24) is 4.98 Å². The lowest BCUT2D eigenvalue weighted by Gasteiger charge is -2.13. The summed E-state index contributed by atoms with van der Waals surface area (Å²) < 4.78 is 30.5. The van der Waals surface area contributed by atoms with Gasteiger partial charge < -0.3 is 19.6 Å². The zero-order valence-electron chi connectivity index (χ0n) is 17.6. The number of furan rings is 1. The molecule has 0 saturated carbocycles. The zero-order chi connectivity index (χ0) is 22.5. The first kappa shape index (κ1) is 21.5. The van der Waals surface area contributed by atoms with Gasteiger partial charge in [-0.2, -0.15) is 0 Å². The van der Waals surface area contributed by atoms with Crippen molar-refractivity contribution in [1.29, 1.82) is 0 Å². The summed E-state index contributed by atoms with van der Waals surface area (Å²) in [6.07, 6.45) is 3.35. The Morgan fingerprint density at radius 2 is 2.03 bits per heavy atom. The van der Waals surface area contributed by atoms with E-state index in [1.165, 1.54) is 18.2 Å².